The lowest BCUT2D eigenvalue weighted by molar-refractivity contribution is -0.116. The number of amides is 3. The van der Waals surface area contributed by atoms with Gasteiger partial charge in [0.1, 0.15) is 6.54 Å². The molecule has 0 saturated carbocycles. The molecule has 1 aromatic heterocycles. The summed E-state index contributed by atoms with van der Waals surface area (Å²) in [5.41, 5.74) is 3.91. The second-order valence-electron chi connectivity index (χ2n) is 6.72. The smallest absolute Gasteiger partial charge is 0.262 e. The molecule has 0 aliphatic carbocycles. The van der Waals surface area contributed by atoms with Crippen molar-refractivity contribution in [1.29, 1.82) is 0 Å². The number of aromatic nitrogens is 1. The molecule has 3 aromatic rings. The molecule has 1 aliphatic heterocycles. The van der Waals surface area contributed by atoms with E-state index in [4.69, 9.17) is 0 Å². The van der Waals surface area contributed by atoms with Gasteiger partial charge in [0.2, 0.25) is 5.91 Å². The summed E-state index contributed by atoms with van der Waals surface area (Å²) in [4.78, 5) is 43.3. The SMILES string of the molecule is CCc1nc2ccccc2c(NC(=O)CN2C(=O)c3ccccc3C2=O)c1C. The van der Waals surface area contributed by atoms with Crippen LogP contribution in [0.15, 0.2) is 48.5 Å². The van der Waals surface area contributed by atoms with Crippen molar-refractivity contribution in [2.24, 2.45) is 0 Å². The minimum Gasteiger partial charge on any atom is -0.324 e. The summed E-state index contributed by atoms with van der Waals surface area (Å²) in [6.45, 7) is 3.59. The Hall–Kier alpha value is -3.54. The van der Waals surface area contributed by atoms with E-state index in [9.17, 15) is 14.4 Å². The van der Waals surface area contributed by atoms with E-state index in [0.717, 1.165) is 33.5 Å². The molecular weight excluding hydrogens is 354 g/mol. The maximum absolute atomic E-state index is 12.7. The van der Waals surface area contributed by atoms with Crippen LogP contribution in [-0.4, -0.2) is 34.2 Å². The number of carbonyl (C=O) groups is 3. The zero-order chi connectivity index (χ0) is 19.8. The molecule has 140 valence electrons. The highest BCUT2D eigenvalue weighted by molar-refractivity contribution is 6.22. The number of anilines is 1. The van der Waals surface area contributed by atoms with Gasteiger partial charge in [-0.15, -0.1) is 0 Å². The summed E-state index contributed by atoms with van der Waals surface area (Å²) in [5, 5.41) is 3.72. The number of rotatable bonds is 4. The Morgan fingerprint density at radius 1 is 1.00 bits per heavy atom. The summed E-state index contributed by atoms with van der Waals surface area (Å²) < 4.78 is 0. The first-order chi connectivity index (χ1) is 13.5. The minimum absolute atomic E-state index is 0.329. The highest BCUT2D eigenvalue weighted by Gasteiger charge is 2.36. The topological polar surface area (TPSA) is 79.4 Å². The maximum Gasteiger partial charge on any atom is 0.262 e. The lowest BCUT2D eigenvalue weighted by Gasteiger charge is -2.17. The molecule has 0 radical (unpaired) electrons. The molecule has 4 rings (SSSR count). The third kappa shape index (κ3) is 2.83. The van der Waals surface area contributed by atoms with Gasteiger partial charge in [0, 0.05) is 11.1 Å². The summed E-state index contributed by atoms with van der Waals surface area (Å²) in [7, 11) is 0. The van der Waals surface area contributed by atoms with Gasteiger partial charge < -0.3 is 5.32 Å². The third-order valence-corrected chi connectivity index (χ3v) is 5.02. The Morgan fingerprint density at radius 2 is 1.61 bits per heavy atom. The van der Waals surface area contributed by atoms with Crippen LogP contribution in [0.25, 0.3) is 10.9 Å². The molecule has 0 spiro atoms. The average molecular weight is 373 g/mol. The molecule has 0 fully saturated rings. The van der Waals surface area contributed by atoms with Gasteiger partial charge in [-0.2, -0.15) is 0 Å². The summed E-state index contributed by atoms with van der Waals surface area (Å²) in [6.07, 6.45) is 0.734. The standard InChI is InChI=1S/C22H19N3O3/c1-3-17-13(2)20(16-10-6-7-11-18(16)23-17)24-19(26)12-25-21(27)14-8-4-5-9-15(14)22(25)28/h4-11H,3,12H2,1-2H3,(H,23,24,26). The highest BCUT2D eigenvalue weighted by Crippen LogP contribution is 2.29. The number of para-hydroxylation sites is 1. The van der Waals surface area contributed by atoms with Gasteiger partial charge in [-0.3, -0.25) is 24.3 Å². The van der Waals surface area contributed by atoms with E-state index in [1.54, 1.807) is 24.3 Å². The maximum atomic E-state index is 12.7. The predicted octanol–water partition coefficient (Wildman–Crippen LogP) is 3.34. The number of fused-ring (bicyclic) bond motifs is 2. The zero-order valence-corrected chi connectivity index (χ0v) is 15.7. The Kier molecular flexibility index (Phi) is 4.39. The Bertz CT molecular complexity index is 1100. The van der Waals surface area contributed by atoms with Gasteiger partial charge in [0.05, 0.1) is 22.3 Å². The fourth-order valence-corrected chi connectivity index (χ4v) is 3.57. The first kappa shape index (κ1) is 17.9. The number of imide groups is 1. The van der Waals surface area contributed by atoms with Crippen LogP contribution in [-0.2, 0) is 11.2 Å². The van der Waals surface area contributed by atoms with Crippen LogP contribution in [0.2, 0.25) is 0 Å². The molecule has 0 bridgehead atoms. The zero-order valence-electron chi connectivity index (χ0n) is 15.7. The van der Waals surface area contributed by atoms with Crippen molar-refractivity contribution in [3.63, 3.8) is 0 Å². The van der Waals surface area contributed by atoms with E-state index in [1.165, 1.54) is 0 Å². The van der Waals surface area contributed by atoms with Crippen LogP contribution < -0.4 is 5.32 Å². The molecule has 0 saturated heterocycles. The van der Waals surface area contributed by atoms with Crippen LogP contribution in [0.5, 0.6) is 0 Å². The second kappa shape index (κ2) is 6.88. The van der Waals surface area contributed by atoms with Gasteiger partial charge in [0.15, 0.2) is 0 Å². The largest absolute Gasteiger partial charge is 0.324 e. The predicted molar refractivity (Wildman–Crippen MR) is 106 cm³/mol. The molecule has 28 heavy (non-hydrogen) atoms. The van der Waals surface area contributed by atoms with Crippen LogP contribution in [0, 0.1) is 6.92 Å². The quantitative estimate of drug-likeness (QED) is 0.712. The number of hydrogen-bond acceptors (Lipinski definition) is 4. The van der Waals surface area contributed by atoms with E-state index in [1.807, 2.05) is 38.1 Å². The molecule has 1 N–H and O–H groups in total. The normalized spacial score (nSPS) is 13.1. The molecule has 3 amide bonds. The van der Waals surface area contributed by atoms with E-state index < -0.39 is 17.7 Å². The first-order valence-corrected chi connectivity index (χ1v) is 9.14. The Labute approximate surface area is 162 Å². The van der Waals surface area contributed by atoms with Crippen LogP contribution in [0.4, 0.5) is 5.69 Å². The molecule has 6 heteroatoms. The molecular formula is C22H19N3O3. The average Bonchev–Trinajstić information content (AvgIpc) is 2.95. The molecule has 2 aromatic carbocycles. The third-order valence-electron chi connectivity index (χ3n) is 5.02. The van der Waals surface area contributed by atoms with Crippen molar-refractivity contribution < 1.29 is 14.4 Å². The summed E-state index contributed by atoms with van der Waals surface area (Å²) in [5.74, 6) is -1.31. The van der Waals surface area contributed by atoms with Gasteiger partial charge >= 0.3 is 0 Å². The number of aryl methyl sites for hydroxylation is 1. The number of pyridine rings is 1. The monoisotopic (exact) mass is 373 g/mol. The molecule has 6 nitrogen and oxygen atoms in total. The fraction of sp³-hybridized carbons (Fsp3) is 0.182. The van der Waals surface area contributed by atoms with E-state index in [0.29, 0.717) is 16.8 Å². The van der Waals surface area contributed by atoms with Crippen LogP contribution in [0.1, 0.15) is 38.9 Å². The second-order valence-corrected chi connectivity index (χ2v) is 6.72. The molecule has 2 heterocycles. The minimum atomic E-state index is -0.443. The molecule has 0 atom stereocenters. The van der Waals surface area contributed by atoms with E-state index >= 15 is 0 Å². The molecule has 1 aliphatic rings. The van der Waals surface area contributed by atoms with Crippen LogP contribution >= 0.6 is 0 Å². The van der Waals surface area contributed by atoms with E-state index in [2.05, 4.69) is 10.3 Å². The summed E-state index contributed by atoms with van der Waals surface area (Å²) in [6, 6.07) is 14.2. The number of hydrogen-bond donors (Lipinski definition) is 1. The highest BCUT2D eigenvalue weighted by atomic mass is 16.2. The van der Waals surface area contributed by atoms with E-state index in [-0.39, 0.29) is 6.54 Å². The van der Waals surface area contributed by atoms with Crippen molar-refractivity contribution in [3.05, 3.63) is 70.9 Å². The molecule has 0 unspecified atom stereocenters. The fourth-order valence-electron chi connectivity index (χ4n) is 3.57. The lowest BCUT2D eigenvalue weighted by atomic mass is 10.1. The lowest BCUT2D eigenvalue weighted by Crippen LogP contribution is -2.37. The number of benzene rings is 2. The van der Waals surface area contributed by atoms with Crippen molar-refractivity contribution in [3.8, 4) is 0 Å². The van der Waals surface area contributed by atoms with Crippen molar-refractivity contribution in [2.45, 2.75) is 20.3 Å². The summed E-state index contributed by atoms with van der Waals surface area (Å²) >= 11 is 0. The Balaban J connectivity index is 1.63. The van der Waals surface area contributed by atoms with Gasteiger partial charge in [-0.1, -0.05) is 37.3 Å². The first-order valence-electron chi connectivity index (χ1n) is 9.14. The van der Waals surface area contributed by atoms with Crippen molar-refractivity contribution >= 4 is 34.3 Å². The van der Waals surface area contributed by atoms with Gasteiger partial charge in [-0.05, 0) is 37.1 Å². The number of nitrogens with zero attached hydrogens (tertiary/aromatic N) is 2. The van der Waals surface area contributed by atoms with Crippen LogP contribution in [0.3, 0.4) is 0 Å². The Morgan fingerprint density at radius 3 is 2.25 bits per heavy atom. The number of carbonyl (C=O) groups excluding carboxylic acids is 3. The van der Waals surface area contributed by atoms with Crippen molar-refractivity contribution in [2.75, 3.05) is 11.9 Å². The van der Waals surface area contributed by atoms with Crippen molar-refractivity contribution in [1.82, 2.24) is 9.88 Å². The van der Waals surface area contributed by atoms with Gasteiger partial charge in [0.25, 0.3) is 11.8 Å². The van der Waals surface area contributed by atoms with Gasteiger partial charge in [-0.25, -0.2) is 0 Å². The number of nitrogens with one attached hydrogen (secondary N) is 1.